The van der Waals surface area contributed by atoms with Crippen molar-refractivity contribution in [2.45, 2.75) is 4.90 Å². The highest BCUT2D eigenvalue weighted by Crippen LogP contribution is 2.27. The molecule has 0 bridgehead atoms. The predicted octanol–water partition coefficient (Wildman–Crippen LogP) is 0.298. The van der Waals surface area contributed by atoms with Crippen LogP contribution in [0.1, 0.15) is 0 Å². The van der Waals surface area contributed by atoms with E-state index in [0.29, 0.717) is 37.7 Å². The Balaban J connectivity index is 2.38. The minimum atomic E-state index is -3.49. The van der Waals surface area contributed by atoms with E-state index in [1.807, 2.05) is 0 Å². The van der Waals surface area contributed by atoms with E-state index in [4.69, 9.17) is 9.47 Å². The second-order valence-corrected chi connectivity index (χ2v) is 6.14. The topological polar surface area (TPSA) is 67.9 Å². The van der Waals surface area contributed by atoms with Gasteiger partial charge >= 0.3 is 0 Å². The molecule has 1 aliphatic heterocycles. The van der Waals surface area contributed by atoms with Crippen LogP contribution in [0, 0.1) is 0 Å². The summed E-state index contributed by atoms with van der Waals surface area (Å²) >= 11 is 0. The third-order valence-electron chi connectivity index (χ3n) is 3.04. The molecule has 1 aromatic rings. The lowest BCUT2D eigenvalue weighted by molar-refractivity contribution is 0.358. The molecule has 2 rings (SSSR count). The molecule has 6 nitrogen and oxygen atoms in total. The molecule has 0 amide bonds. The van der Waals surface area contributed by atoms with Crippen molar-refractivity contribution in [2.24, 2.45) is 0 Å². The minimum Gasteiger partial charge on any atom is -0.497 e. The monoisotopic (exact) mass is 286 g/mol. The number of nitrogens with zero attached hydrogens (tertiary/aromatic N) is 1. The van der Waals surface area contributed by atoms with Crippen molar-refractivity contribution in [3.63, 3.8) is 0 Å². The fourth-order valence-corrected chi connectivity index (χ4v) is 3.46. The molecule has 19 heavy (non-hydrogen) atoms. The van der Waals surface area contributed by atoms with Crippen molar-refractivity contribution >= 4 is 10.0 Å². The Kier molecular flexibility index (Phi) is 4.28. The second-order valence-electron chi connectivity index (χ2n) is 4.20. The Morgan fingerprint density at radius 3 is 2.05 bits per heavy atom. The number of nitrogens with one attached hydrogen (secondary N) is 1. The van der Waals surface area contributed by atoms with Gasteiger partial charge in [0.15, 0.2) is 0 Å². The van der Waals surface area contributed by atoms with Crippen LogP contribution in [-0.2, 0) is 10.0 Å². The molecular formula is C12H18N2O4S. The van der Waals surface area contributed by atoms with Gasteiger partial charge in [-0.3, -0.25) is 0 Å². The number of sulfonamides is 1. The number of ether oxygens (including phenoxy) is 2. The van der Waals surface area contributed by atoms with Gasteiger partial charge < -0.3 is 14.8 Å². The van der Waals surface area contributed by atoms with Crippen LogP contribution in [0.15, 0.2) is 23.1 Å². The molecule has 0 atom stereocenters. The molecule has 1 aromatic carbocycles. The molecule has 0 aliphatic carbocycles. The summed E-state index contributed by atoms with van der Waals surface area (Å²) in [5.74, 6) is 0.932. The summed E-state index contributed by atoms with van der Waals surface area (Å²) in [5.41, 5.74) is 0. The van der Waals surface area contributed by atoms with Crippen LogP contribution in [0.3, 0.4) is 0 Å². The minimum absolute atomic E-state index is 0.200. The Labute approximate surface area is 113 Å². The van der Waals surface area contributed by atoms with E-state index < -0.39 is 10.0 Å². The fraction of sp³-hybridized carbons (Fsp3) is 0.500. The van der Waals surface area contributed by atoms with E-state index in [0.717, 1.165) is 0 Å². The summed E-state index contributed by atoms with van der Waals surface area (Å²) < 4.78 is 36.7. The van der Waals surface area contributed by atoms with Gasteiger partial charge in [0, 0.05) is 44.4 Å². The molecular weight excluding hydrogens is 268 g/mol. The van der Waals surface area contributed by atoms with E-state index in [-0.39, 0.29) is 4.90 Å². The van der Waals surface area contributed by atoms with Gasteiger partial charge in [0.25, 0.3) is 0 Å². The molecule has 0 saturated carbocycles. The van der Waals surface area contributed by atoms with Crippen LogP contribution in [0.5, 0.6) is 11.5 Å². The van der Waals surface area contributed by atoms with Crippen LogP contribution in [0.4, 0.5) is 0 Å². The van der Waals surface area contributed by atoms with Gasteiger partial charge in [-0.15, -0.1) is 0 Å². The van der Waals surface area contributed by atoms with Crippen molar-refractivity contribution in [2.75, 3.05) is 40.4 Å². The van der Waals surface area contributed by atoms with E-state index in [1.165, 1.54) is 30.7 Å². The molecule has 1 fully saturated rings. The third-order valence-corrected chi connectivity index (χ3v) is 4.92. The first-order chi connectivity index (χ1) is 9.07. The smallest absolute Gasteiger partial charge is 0.243 e. The molecule has 0 spiro atoms. The van der Waals surface area contributed by atoms with Crippen molar-refractivity contribution in [1.82, 2.24) is 9.62 Å². The van der Waals surface area contributed by atoms with Crippen LogP contribution in [-0.4, -0.2) is 53.1 Å². The fourth-order valence-electron chi connectivity index (χ4n) is 1.96. The van der Waals surface area contributed by atoms with Gasteiger partial charge in [-0.1, -0.05) is 0 Å². The quantitative estimate of drug-likeness (QED) is 0.862. The van der Waals surface area contributed by atoms with Gasteiger partial charge in [0.1, 0.15) is 11.5 Å². The first-order valence-corrected chi connectivity index (χ1v) is 7.46. The van der Waals surface area contributed by atoms with Gasteiger partial charge in [0.05, 0.1) is 19.1 Å². The number of hydrogen-bond acceptors (Lipinski definition) is 5. The number of piperazine rings is 1. The van der Waals surface area contributed by atoms with Crippen molar-refractivity contribution < 1.29 is 17.9 Å². The van der Waals surface area contributed by atoms with Gasteiger partial charge in [-0.2, -0.15) is 4.31 Å². The lowest BCUT2D eigenvalue weighted by Crippen LogP contribution is -2.46. The van der Waals surface area contributed by atoms with E-state index in [2.05, 4.69) is 5.32 Å². The zero-order valence-electron chi connectivity index (χ0n) is 11.0. The number of methoxy groups -OCH3 is 2. The lowest BCUT2D eigenvalue weighted by Gasteiger charge is -2.26. The predicted molar refractivity (Wildman–Crippen MR) is 71.2 cm³/mol. The average molecular weight is 286 g/mol. The van der Waals surface area contributed by atoms with Crippen molar-refractivity contribution in [3.05, 3.63) is 18.2 Å². The molecule has 0 radical (unpaired) electrons. The van der Waals surface area contributed by atoms with E-state index in [1.54, 1.807) is 6.07 Å². The molecule has 0 unspecified atom stereocenters. The summed E-state index contributed by atoms with van der Waals surface area (Å²) in [6, 6.07) is 4.68. The first-order valence-electron chi connectivity index (χ1n) is 6.02. The maximum Gasteiger partial charge on any atom is 0.243 e. The highest BCUT2D eigenvalue weighted by Gasteiger charge is 2.26. The maximum absolute atomic E-state index is 12.5. The molecule has 7 heteroatoms. The van der Waals surface area contributed by atoms with Crippen LogP contribution in [0.25, 0.3) is 0 Å². The van der Waals surface area contributed by atoms with Crippen molar-refractivity contribution in [1.29, 1.82) is 0 Å². The third kappa shape index (κ3) is 2.99. The van der Waals surface area contributed by atoms with Crippen LogP contribution in [0.2, 0.25) is 0 Å². The Morgan fingerprint density at radius 2 is 1.58 bits per heavy atom. The van der Waals surface area contributed by atoms with Crippen molar-refractivity contribution in [3.8, 4) is 11.5 Å². The van der Waals surface area contributed by atoms with Gasteiger partial charge in [-0.05, 0) is 0 Å². The number of rotatable bonds is 4. The molecule has 1 heterocycles. The van der Waals surface area contributed by atoms with Gasteiger partial charge in [-0.25, -0.2) is 8.42 Å². The number of hydrogen-bond donors (Lipinski definition) is 1. The average Bonchev–Trinajstić information content (AvgIpc) is 2.47. The van der Waals surface area contributed by atoms with Gasteiger partial charge in [0.2, 0.25) is 10.0 Å². The Morgan fingerprint density at radius 1 is 1.05 bits per heavy atom. The molecule has 1 saturated heterocycles. The summed E-state index contributed by atoms with van der Waals surface area (Å²) in [5, 5.41) is 3.13. The highest BCUT2D eigenvalue weighted by atomic mass is 32.2. The largest absolute Gasteiger partial charge is 0.497 e. The summed E-state index contributed by atoms with van der Waals surface area (Å²) in [4.78, 5) is 0.200. The molecule has 1 aliphatic rings. The standard InChI is InChI=1S/C12H18N2O4S/c1-17-10-7-11(18-2)9-12(8-10)19(15,16)14-5-3-13-4-6-14/h7-9,13H,3-6H2,1-2H3. The SMILES string of the molecule is COc1cc(OC)cc(S(=O)(=O)N2CCNCC2)c1. The lowest BCUT2D eigenvalue weighted by atomic mass is 10.3. The first kappa shape index (κ1) is 14.1. The summed E-state index contributed by atoms with van der Waals surface area (Å²) in [6.45, 7) is 2.28. The maximum atomic E-state index is 12.5. The molecule has 106 valence electrons. The Bertz CT molecular complexity index is 516. The van der Waals surface area contributed by atoms with E-state index >= 15 is 0 Å². The molecule has 0 aromatic heterocycles. The van der Waals surface area contributed by atoms with Crippen LogP contribution < -0.4 is 14.8 Å². The normalized spacial score (nSPS) is 17.2. The zero-order valence-corrected chi connectivity index (χ0v) is 11.9. The summed E-state index contributed by atoms with van der Waals surface area (Å²) in [7, 11) is -0.502. The summed E-state index contributed by atoms with van der Waals surface area (Å²) in [6.07, 6.45) is 0. The second kappa shape index (κ2) is 5.77. The Hall–Kier alpha value is -1.31. The van der Waals surface area contributed by atoms with E-state index in [9.17, 15) is 8.42 Å². The zero-order chi connectivity index (χ0) is 13.9. The highest BCUT2D eigenvalue weighted by molar-refractivity contribution is 7.89. The van der Waals surface area contributed by atoms with Crippen LogP contribution >= 0.6 is 0 Å². The molecule has 1 N–H and O–H groups in total. The number of benzene rings is 1.